The molecule has 0 N–H and O–H groups in total. The van der Waals surface area contributed by atoms with Crippen LogP contribution in [0.3, 0.4) is 0 Å². The van der Waals surface area contributed by atoms with E-state index in [0.29, 0.717) is 13.2 Å². The van der Waals surface area contributed by atoms with E-state index in [2.05, 4.69) is 37.5 Å². The van der Waals surface area contributed by atoms with Crippen LogP contribution in [0.2, 0.25) is 0 Å². The van der Waals surface area contributed by atoms with E-state index in [9.17, 15) is 0 Å². The number of hydrogen-bond acceptors (Lipinski definition) is 5. The number of hydrogen-bond donors (Lipinski definition) is 0. The SMILES string of the molecule is CCN(CC)CCOC(C)OC(C)OCCN(CC)CC. The van der Waals surface area contributed by atoms with Crippen LogP contribution in [0, 0.1) is 0 Å². The van der Waals surface area contributed by atoms with Gasteiger partial charge in [-0.1, -0.05) is 27.7 Å². The molecular weight excluding hydrogens is 268 g/mol. The first-order valence-electron chi connectivity index (χ1n) is 8.40. The Balaban J connectivity index is 3.66. The second-order valence-electron chi connectivity index (χ2n) is 5.07. The maximum atomic E-state index is 5.67. The second-order valence-corrected chi connectivity index (χ2v) is 5.07. The molecule has 5 nitrogen and oxygen atoms in total. The average molecular weight is 304 g/mol. The molecule has 0 amide bonds. The fraction of sp³-hybridized carbons (Fsp3) is 1.00. The third kappa shape index (κ3) is 11.1. The van der Waals surface area contributed by atoms with Crippen molar-refractivity contribution in [1.82, 2.24) is 9.80 Å². The Morgan fingerprint density at radius 1 is 0.667 bits per heavy atom. The lowest BCUT2D eigenvalue weighted by Gasteiger charge is -2.23. The Kier molecular flexibility index (Phi) is 13.3. The molecule has 2 atom stereocenters. The summed E-state index contributed by atoms with van der Waals surface area (Å²) in [6.45, 7) is 20.0. The monoisotopic (exact) mass is 304 g/mol. The molecule has 0 aliphatic carbocycles. The van der Waals surface area contributed by atoms with E-state index in [0.717, 1.165) is 39.3 Å². The summed E-state index contributed by atoms with van der Waals surface area (Å²) in [6.07, 6.45) is -0.465. The molecule has 0 fully saturated rings. The van der Waals surface area contributed by atoms with Crippen molar-refractivity contribution in [2.24, 2.45) is 0 Å². The summed E-state index contributed by atoms with van der Waals surface area (Å²) in [5.74, 6) is 0. The fourth-order valence-electron chi connectivity index (χ4n) is 2.12. The van der Waals surface area contributed by atoms with Crippen molar-refractivity contribution >= 4 is 0 Å². The van der Waals surface area contributed by atoms with Crippen LogP contribution in [0.1, 0.15) is 41.5 Å². The lowest BCUT2D eigenvalue weighted by molar-refractivity contribution is -0.232. The van der Waals surface area contributed by atoms with Gasteiger partial charge in [-0.2, -0.15) is 0 Å². The first-order chi connectivity index (χ1) is 10.1. The molecule has 0 aromatic rings. The lowest BCUT2D eigenvalue weighted by Crippen LogP contribution is -2.31. The van der Waals surface area contributed by atoms with Crippen molar-refractivity contribution in [3.05, 3.63) is 0 Å². The van der Waals surface area contributed by atoms with Gasteiger partial charge in [0, 0.05) is 13.1 Å². The standard InChI is InChI=1S/C16H36N2O3/c1-7-17(8-2)11-13-19-15(5)21-16(6)20-14-12-18(9-3)10-4/h15-16H,7-14H2,1-6H3. The minimum absolute atomic E-state index is 0.232. The number of nitrogens with zero attached hydrogens (tertiary/aromatic N) is 2. The zero-order valence-electron chi connectivity index (χ0n) is 14.9. The van der Waals surface area contributed by atoms with Crippen LogP contribution in [-0.2, 0) is 14.2 Å². The summed E-state index contributed by atoms with van der Waals surface area (Å²) >= 11 is 0. The van der Waals surface area contributed by atoms with Crippen LogP contribution in [0.15, 0.2) is 0 Å². The molecule has 2 unspecified atom stereocenters. The predicted molar refractivity (Wildman–Crippen MR) is 87.5 cm³/mol. The van der Waals surface area contributed by atoms with E-state index in [1.54, 1.807) is 0 Å². The summed E-state index contributed by atoms with van der Waals surface area (Å²) in [4.78, 5) is 4.66. The molecule has 0 rings (SSSR count). The van der Waals surface area contributed by atoms with Crippen LogP contribution in [-0.4, -0.2) is 74.9 Å². The van der Waals surface area contributed by atoms with Gasteiger partial charge in [-0.3, -0.25) is 0 Å². The lowest BCUT2D eigenvalue weighted by atomic mass is 10.5. The fourth-order valence-corrected chi connectivity index (χ4v) is 2.12. The molecular formula is C16H36N2O3. The maximum absolute atomic E-state index is 5.67. The van der Waals surface area contributed by atoms with Crippen molar-refractivity contribution in [2.45, 2.75) is 54.1 Å². The van der Waals surface area contributed by atoms with Crippen LogP contribution >= 0.6 is 0 Å². The predicted octanol–water partition coefficient (Wildman–Crippen LogP) is 2.41. The van der Waals surface area contributed by atoms with Gasteiger partial charge in [0.15, 0.2) is 12.6 Å². The zero-order valence-corrected chi connectivity index (χ0v) is 14.9. The van der Waals surface area contributed by atoms with Crippen LogP contribution in [0.4, 0.5) is 0 Å². The van der Waals surface area contributed by atoms with Gasteiger partial charge in [-0.05, 0) is 40.0 Å². The highest BCUT2D eigenvalue weighted by Crippen LogP contribution is 2.02. The Hall–Kier alpha value is -0.200. The summed E-state index contributed by atoms with van der Waals surface area (Å²) in [7, 11) is 0. The molecule has 0 radical (unpaired) electrons. The van der Waals surface area contributed by atoms with E-state index in [1.165, 1.54) is 0 Å². The second kappa shape index (κ2) is 13.5. The Morgan fingerprint density at radius 2 is 1.00 bits per heavy atom. The molecule has 0 heterocycles. The molecule has 0 aromatic carbocycles. The van der Waals surface area contributed by atoms with E-state index in [1.807, 2.05) is 13.8 Å². The molecule has 0 saturated carbocycles. The minimum atomic E-state index is -0.232. The molecule has 0 aromatic heterocycles. The molecule has 5 heteroatoms. The maximum Gasteiger partial charge on any atom is 0.158 e. The van der Waals surface area contributed by atoms with E-state index in [-0.39, 0.29) is 12.6 Å². The van der Waals surface area contributed by atoms with Gasteiger partial charge in [0.2, 0.25) is 0 Å². The largest absolute Gasteiger partial charge is 0.352 e. The molecule has 0 saturated heterocycles. The molecule has 0 bridgehead atoms. The van der Waals surface area contributed by atoms with Crippen molar-refractivity contribution in [1.29, 1.82) is 0 Å². The summed E-state index contributed by atoms with van der Waals surface area (Å²) < 4.78 is 17.0. The Morgan fingerprint density at radius 3 is 1.29 bits per heavy atom. The minimum Gasteiger partial charge on any atom is -0.352 e. The number of ether oxygens (including phenoxy) is 3. The quantitative estimate of drug-likeness (QED) is 0.460. The van der Waals surface area contributed by atoms with Gasteiger partial charge in [-0.25, -0.2) is 0 Å². The van der Waals surface area contributed by atoms with Crippen molar-refractivity contribution < 1.29 is 14.2 Å². The highest BCUT2D eigenvalue weighted by molar-refractivity contribution is 4.52. The molecule has 21 heavy (non-hydrogen) atoms. The van der Waals surface area contributed by atoms with Crippen LogP contribution in [0.5, 0.6) is 0 Å². The molecule has 0 aliphatic rings. The normalized spacial score (nSPS) is 14.9. The van der Waals surface area contributed by atoms with E-state index in [4.69, 9.17) is 14.2 Å². The molecule has 0 spiro atoms. The highest BCUT2D eigenvalue weighted by atomic mass is 16.8. The molecule has 128 valence electrons. The van der Waals surface area contributed by atoms with E-state index < -0.39 is 0 Å². The van der Waals surface area contributed by atoms with Gasteiger partial charge in [0.05, 0.1) is 13.2 Å². The van der Waals surface area contributed by atoms with Crippen molar-refractivity contribution in [2.75, 3.05) is 52.5 Å². The van der Waals surface area contributed by atoms with Gasteiger partial charge in [0.1, 0.15) is 0 Å². The summed E-state index contributed by atoms with van der Waals surface area (Å²) in [5.41, 5.74) is 0. The van der Waals surface area contributed by atoms with Gasteiger partial charge in [0.25, 0.3) is 0 Å². The van der Waals surface area contributed by atoms with Gasteiger partial charge >= 0.3 is 0 Å². The van der Waals surface area contributed by atoms with Crippen molar-refractivity contribution in [3.8, 4) is 0 Å². The third-order valence-electron chi connectivity index (χ3n) is 3.69. The summed E-state index contributed by atoms with van der Waals surface area (Å²) in [5, 5.41) is 0. The highest BCUT2D eigenvalue weighted by Gasteiger charge is 2.10. The topological polar surface area (TPSA) is 34.2 Å². The Bertz CT molecular complexity index is 200. The first kappa shape index (κ1) is 20.8. The average Bonchev–Trinajstić information content (AvgIpc) is 2.48. The zero-order chi connectivity index (χ0) is 16.1. The van der Waals surface area contributed by atoms with Crippen molar-refractivity contribution in [3.63, 3.8) is 0 Å². The van der Waals surface area contributed by atoms with E-state index >= 15 is 0 Å². The number of likely N-dealkylation sites (N-methyl/N-ethyl adjacent to an activating group) is 2. The number of rotatable bonds is 14. The van der Waals surface area contributed by atoms with Crippen LogP contribution in [0.25, 0.3) is 0 Å². The first-order valence-corrected chi connectivity index (χ1v) is 8.40. The Labute approximate surface area is 131 Å². The summed E-state index contributed by atoms with van der Waals surface area (Å²) in [6, 6.07) is 0. The molecule has 0 aliphatic heterocycles. The third-order valence-corrected chi connectivity index (χ3v) is 3.69. The van der Waals surface area contributed by atoms with Gasteiger partial charge in [-0.15, -0.1) is 0 Å². The van der Waals surface area contributed by atoms with Gasteiger partial charge < -0.3 is 24.0 Å². The van der Waals surface area contributed by atoms with Crippen LogP contribution < -0.4 is 0 Å². The smallest absolute Gasteiger partial charge is 0.158 e.